The van der Waals surface area contributed by atoms with Gasteiger partial charge in [-0.25, -0.2) is 4.79 Å². The number of amides is 1. The van der Waals surface area contributed by atoms with Crippen LogP contribution in [-0.4, -0.2) is 30.7 Å². The maximum atomic E-state index is 11.9. The minimum absolute atomic E-state index is 0.390. The number of hydrogen-bond donors (Lipinski definition) is 1. The summed E-state index contributed by atoms with van der Waals surface area (Å²) in [4.78, 5) is 23.6. The van der Waals surface area contributed by atoms with E-state index < -0.39 is 24.1 Å². The molecule has 0 spiro atoms. The van der Waals surface area contributed by atoms with Gasteiger partial charge in [-0.15, -0.1) is 0 Å². The van der Waals surface area contributed by atoms with Gasteiger partial charge in [0.2, 0.25) is 0 Å². The van der Waals surface area contributed by atoms with E-state index >= 15 is 0 Å². The van der Waals surface area contributed by atoms with Gasteiger partial charge in [0.1, 0.15) is 0 Å². The Balaban J connectivity index is 1.85. The van der Waals surface area contributed by atoms with Crippen LogP contribution in [0.1, 0.15) is 19.8 Å². The second kappa shape index (κ2) is 6.72. The zero-order chi connectivity index (χ0) is 14.5. The number of halogens is 1. The second-order valence-electron chi connectivity index (χ2n) is 4.58. The Bertz CT molecular complexity index is 482. The van der Waals surface area contributed by atoms with Crippen LogP contribution in [0.3, 0.4) is 0 Å². The number of carbonyl (C=O) groups excluding carboxylic acids is 2. The van der Waals surface area contributed by atoms with Crippen molar-refractivity contribution in [3.63, 3.8) is 0 Å². The standard InChI is InChI=1S/C14H16ClNO4/c1-9(20-14(18)12-3-2-8-19-12)13(17)16-11-6-4-10(15)5-7-11/h4-7,9,12H,2-3,8H2,1H3,(H,16,17)/t9-,12-/m1/s1. The number of benzene rings is 1. The van der Waals surface area contributed by atoms with Gasteiger partial charge in [0, 0.05) is 17.3 Å². The molecule has 1 aromatic rings. The highest BCUT2D eigenvalue weighted by atomic mass is 35.5. The van der Waals surface area contributed by atoms with E-state index in [-0.39, 0.29) is 0 Å². The van der Waals surface area contributed by atoms with Gasteiger partial charge in [0.25, 0.3) is 5.91 Å². The lowest BCUT2D eigenvalue weighted by molar-refractivity contribution is -0.162. The van der Waals surface area contributed by atoms with Crippen molar-refractivity contribution in [2.75, 3.05) is 11.9 Å². The predicted octanol–water partition coefficient (Wildman–Crippen LogP) is 2.39. The molecule has 108 valence electrons. The summed E-state index contributed by atoms with van der Waals surface area (Å²) in [7, 11) is 0. The first-order valence-electron chi connectivity index (χ1n) is 6.45. The molecule has 20 heavy (non-hydrogen) atoms. The van der Waals surface area contributed by atoms with E-state index in [1.54, 1.807) is 24.3 Å². The van der Waals surface area contributed by atoms with E-state index in [1.807, 2.05) is 0 Å². The van der Waals surface area contributed by atoms with Crippen LogP contribution >= 0.6 is 11.6 Å². The molecule has 0 aromatic heterocycles. The van der Waals surface area contributed by atoms with Crippen LogP contribution in [0.4, 0.5) is 5.69 Å². The Kier molecular flexibility index (Phi) is 4.98. The first kappa shape index (κ1) is 14.8. The van der Waals surface area contributed by atoms with E-state index in [1.165, 1.54) is 6.92 Å². The Labute approximate surface area is 122 Å². The average molecular weight is 298 g/mol. The number of ether oxygens (including phenoxy) is 2. The Morgan fingerprint density at radius 3 is 2.70 bits per heavy atom. The molecule has 1 amide bonds. The molecule has 1 aliphatic heterocycles. The van der Waals surface area contributed by atoms with Gasteiger partial charge in [0.15, 0.2) is 12.2 Å². The molecule has 1 saturated heterocycles. The third kappa shape index (κ3) is 3.95. The molecule has 0 bridgehead atoms. The summed E-state index contributed by atoms with van der Waals surface area (Å²) in [5, 5.41) is 3.23. The first-order chi connectivity index (χ1) is 9.56. The lowest BCUT2D eigenvalue weighted by Gasteiger charge is -2.15. The van der Waals surface area contributed by atoms with Crippen LogP contribution in [0.5, 0.6) is 0 Å². The van der Waals surface area contributed by atoms with Crippen molar-refractivity contribution in [1.29, 1.82) is 0 Å². The van der Waals surface area contributed by atoms with Crippen molar-refractivity contribution in [2.45, 2.75) is 32.0 Å². The van der Waals surface area contributed by atoms with Crippen molar-refractivity contribution in [1.82, 2.24) is 0 Å². The van der Waals surface area contributed by atoms with Gasteiger partial charge >= 0.3 is 5.97 Å². The highest BCUT2D eigenvalue weighted by Crippen LogP contribution is 2.16. The average Bonchev–Trinajstić information content (AvgIpc) is 2.95. The fourth-order valence-electron chi connectivity index (χ4n) is 1.84. The van der Waals surface area contributed by atoms with Crippen molar-refractivity contribution >= 4 is 29.2 Å². The molecule has 0 unspecified atom stereocenters. The lowest BCUT2D eigenvalue weighted by atomic mass is 10.2. The largest absolute Gasteiger partial charge is 0.451 e. The summed E-state index contributed by atoms with van der Waals surface area (Å²) in [5.74, 6) is -0.875. The summed E-state index contributed by atoms with van der Waals surface area (Å²) in [6, 6.07) is 6.68. The molecular weight excluding hydrogens is 282 g/mol. The fourth-order valence-corrected chi connectivity index (χ4v) is 1.97. The minimum Gasteiger partial charge on any atom is -0.451 e. The van der Waals surface area contributed by atoms with Crippen LogP contribution in [0.15, 0.2) is 24.3 Å². The number of esters is 1. The molecule has 1 N–H and O–H groups in total. The second-order valence-corrected chi connectivity index (χ2v) is 5.01. The van der Waals surface area contributed by atoms with E-state index in [0.29, 0.717) is 23.7 Å². The van der Waals surface area contributed by atoms with Gasteiger partial charge in [-0.2, -0.15) is 0 Å². The molecule has 0 radical (unpaired) electrons. The topological polar surface area (TPSA) is 64.6 Å². The Hall–Kier alpha value is -1.59. The summed E-state index contributed by atoms with van der Waals surface area (Å²) in [5.41, 5.74) is 0.597. The van der Waals surface area contributed by atoms with Crippen molar-refractivity contribution in [3.8, 4) is 0 Å². The van der Waals surface area contributed by atoms with E-state index in [2.05, 4.69) is 5.32 Å². The molecule has 1 aliphatic rings. The molecule has 1 heterocycles. The highest BCUT2D eigenvalue weighted by Gasteiger charge is 2.28. The van der Waals surface area contributed by atoms with Gasteiger partial charge in [-0.1, -0.05) is 11.6 Å². The number of hydrogen-bond acceptors (Lipinski definition) is 4. The highest BCUT2D eigenvalue weighted by molar-refractivity contribution is 6.30. The third-order valence-corrected chi connectivity index (χ3v) is 3.22. The van der Waals surface area contributed by atoms with Crippen molar-refractivity contribution in [2.24, 2.45) is 0 Å². The molecular formula is C14H16ClNO4. The van der Waals surface area contributed by atoms with Gasteiger partial charge < -0.3 is 14.8 Å². The van der Waals surface area contributed by atoms with Crippen LogP contribution in [-0.2, 0) is 19.1 Å². The van der Waals surface area contributed by atoms with Crippen molar-refractivity contribution < 1.29 is 19.1 Å². The normalized spacial score (nSPS) is 19.4. The Morgan fingerprint density at radius 1 is 1.40 bits per heavy atom. The lowest BCUT2D eigenvalue weighted by Crippen LogP contribution is -2.33. The molecule has 5 nitrogen and oxygen atoms in total. The maximum absolute atomic E-state index is 11.9. The molecule has 2 atom stereocenters. The number of carbonyl (C=O) groups is 2. The zero-order valence-corrected chi connectivity index (χ0v) is 11.9. The monoisotopic (exact) mass is 297 g/mol. The maximum Gasteiger partial charge on any atom is 0.336 e. The predicted molar refractivity (Wildman–Crippen MR) is 74.6 cm³/mol. The first-order valence-corrected chi connectivity index (χ1v) is 6.82. The summed E-state index contributed by atoms with van der Waals surface area (Å²) in [6.45, 7) is 2.09. The van der Waals surface area contributed by atoms with Crippen LogP contribution in [0.2, 0.25) is 5.02 Å². The third-order valence-electron chi connectivity index (χ3n) is 2.97. The van der Waals surface area contributed by atoms with Gasteiger partial charge in [0.05, 0.1) is 0 Å². The van der Waals surface area contributed by atoms with E-state index in [9.17, 15) is 9.59 Å². The van der Waals surface area contributed by atoms with Crippen LogP contribution in [0.25, 0.3) is 0 Å². The quantitative estimate of drug-likeness (QED) is 0.867. The molecule has 1 fully saturated rings. The minimum atomic E-state index is -0.873. The van der Waals surface area contributed by atoms with Crippen LogP contribution < -0.4 is 5.32 Å². The summed E-state index contributed by atoms with van der Waals surface area (Å²) >= 11 is 5.76. The smallest absolute Gasteiger partial charge is 0.336 e. The number of rotatable bonds is 4. The molecule has 1 aromatic carbocycles. The van der Waals surface area contributed by atoms with Crippen LogP contribution in [0, 0.1) is 0 Å². The SMILES string of the molecule is C[C@@H](OC(=O)[C@H]1CCCO1)C(=O)Nc1ccc(Cl)cc1. The Morgan fingerprint density at radius 2 is 2.10 bits per heavy atom. The van der Waals surface area contributed by atoms with Crippen molar-refractivity contribution in [3.05, 3.63) is 29.3 Å². The summed E-state index contributed by atoms with van der Waals surface area (Å²) < 4.78 is 10.3. The van der Waals surface area contributed by atoms with Gasteiger partial charge in [-0.05, 0) is 44.0 Å². The number of anilines is 1. The number of nitrogens with one attached hydrogen (secondary N) is 1. The molecule has 2 rings (SSSR count). The summed E-state index contributed by atoms with van der Waals surface area (Å²) in [6.07, 6.45) is 0.0679. The van der Waals surface area contributed by atoms with Gasteiger partial charge in [-0.3, -0.25) is 4.79 Å². The molecule has 6 heteroatoms. The molecule has 0 aliphatic carbocycles. The van der Waals surface area contributed by atoms with E-state index in [4.69, 9.17) is 21.1 Å². The van der Waals surface area contributed by atoms with E-state index in [0.717, 1.165) is 6.42 Å². The molecule has 0 saturated carbocycles. The zero-order valence-electron chi connectivity index (χ0n) is 11.1. The fraction of sp³-hybridized carbons (Fsp3) is 0.429.